The molecule has 122 valence electrons. The molecule has 1 N–H and O–H groups in total. The normalized spacial score (nSPS) is 12.3. The van der Waals surface area contributed by atoms with Crippen LogP contribution >= 0.6 is 0 Å². The highest BCUT2D eigenvalue weighted by Gasteiger charge is 2.16. The molecule has 0 saturated carbocycles. The summed E-state index contributed by atoms with van der Waals surface area (Å²) in [7, 11) is -2.96. The molecule has 1 heterocycles. The zero-order valence-corrected chi connectivity index (χ0v) is 14.8. The van der Waals surface area contributed by atoms with E-state index in [-0.39, 0.29) is 5.75 Å². The van der Waals surface area contributed by atoms with Gasteiger partial charge >= 0.3 is 0 Å². The highest BCUT2D eigenvalue weighted by Crippen LogP contribution is 2.17. The third kappa shape index (κ3) is 5.79. The smallest absolute Gasteiger partial charge is 0.149 e. The van der Waals surface area contributed by atoms with Gasteiger partial charge in [-0.3, -0.25) is 4.68 Å². The lowest BCUT2D eigenvalue weighted by atomic mass is 10.1. The predicted octanol–water partition coefficient (Wildman–Crippen LogP) is 1.59. The molecule has 0 aliphatic rings. The topological polar surface area (TPSA) is 64.0 Å². The van der Waals surface area contributed by atoms with E-state index in [1.54, 1.807) is 0 Å². The van der Waals surface area contributed by atoms with E-state index in [2.05, 4.69) is 38.1 Å². The van der Waals surface area contributed by atoms with E-state index in [4.69, 9.17) is 0 Å². The fourth-order valence-corrected chi connectivity index (χ4v) is 2.99. The molecular formula is C15H29N3O2S. The summed E-state index contributed by atoms with van der Waals surface area (Å²) in [5, 5.41) is 8.05. The largest absolute Gasteiger partial charge is 0.314 e. The summed E-state index contributed by atoms with van der Waals surface area (Å²) in [6.07, 6.45) is 3.99. The van der Waals surface area contributed by atoms with Gasteiger partial charge in [-0.05, 0) is 31.4 Å². The second-order valence-electron chi connectivity index (χ2n) is 5.79. The minimum Gasteiger partial charge on any atom is -0.314 e. The average molecular weight is 315 g/mol. The van der Waals surface area contributed by atoms with Crippen LogP contribution in [-0.4, -0.2) is 42.8 Å². The summed E-state index contributed by atoms with van der Waals surface area (Å²) in [5.41, 5.74) is 3.58. The molecule has 0 radical (unpaired) electrons. The molecule has 0 amide bonds. The first-order valence-electron chi connectivity index (χ1n) is 7.77. The second kappa shape index (κ2) is 7.94. The Labute approximate surface area is 129 Å². The number of aromatic nitrogens is 2. The zero-order valence-electron chi connectivity index (χ0n) is 13.9. The van der Waals surface area contributed by atoms with Gasteiger partial charge in [0.25, 0.3) is 0 Å². The van der Waals surface area contributed by atoms with Gasteiger partial charge in [0.05, 0.1) is 18.0 Å². The maximum atomic E-state index is 11.4. The van der Waals surface area contributed by atoms with E-state index in [1.807, 2.05) is 4.68 Å². The highest BCUT2D eigenvalue weighted by molar-refractivity contribution is 7.90. The average Bonchev–Trinajstić information content (AvgIpc) is 2.72. The van der Waals surface area contributed by atoms with Crippen molar-refractivity contribution in [3.05, 3.63) is 17.0 Å². The first-order valence-corrected chi connectivity index (χ1v) is 9.83. The number of aryl methyl sites for hydroxylation is 2. The number of sulfone groups is 1. The molecule has 6 heteroatoms. The molecule has 0 saturated heterocycles. The van der Waals surface area contributed by atoms with Gasteiger partial charge in [0, 0.05) is 18.0 Å². The van der Waals surface area contributed by atoms with Crippen molar-refractivity contribution in [2.75, 3.05) is 18.6 Å². The van der Waals surface area contributed by atoms with Crippen molar-refractivity contribution >= 4 is 9.84 Å². The van der Waals surface area contributed by atoms with Crippen LogP contribution in [0.2, 0.25) is 0 Å². The fraction of sp³-hybridized carbons (Fsp3) is 0.800. The summed E-state index contributed by atoms with van der Waals surface area (Å²) < 4.78 is 24.6. The van der Waals surface area contributed by atoms with Gasteiger partial charge in [-0.1, -0.05) is 27.7 Å². The summed E-state index contributed by atoms with van der Waals surface area (Å²) in [6, 6.07) is 0.473. The molecule has 0 aliphatic carbocycles. The number of hydrogen-bond donors (Lipinski definition) is 1. The van der Waals surface area contributed by atoms with Crippen LogP contribution < -0.4 is 5.32 Å². The number of hydrogen-bond acceptors (Lipinski definition) is 4. The number of rotatable bonds is 9. The monoisotopic (exact) mass is 315 g/mol. The third-order valence-electron chi connectivity index (χ3n) is 3.52. The Kier molecular flexibility index (Phi) is 6.87. The van der Waals surface area contributed by atoms with Crippen molar-refractivity contribution in [2.24, 2.45) is 0 Å². The van der Waals surface area contributed by atoms with Gasteiger partial charge < -0.3 is 5.32 Å². The summed E-state index contributed by atoms with van der Waals surface area (Å²) >= 11 is 0. The maximum absolute atomic E-state index is 11.4. The van der Waals surface area contributed by atoms with E-state index < -0.39 is 9.84 Å². The Hall–Kier alpha value is -0.880. The van der Waals surface area contributed by atoms with Gasteiger partial charge in [-0.2, -0.15) is 5.10 Å². The lowest BCUT2D eigenvalue weighted by Crippen LogP contribution is -2.25. The Bertz CT molecular complexity index is 548. The molecule has 0 spiro atoms. The van der Waals surface area contributed by atoms with Gasteiger partial charge in [0.15, 0.2) is 0 Å². The van der Waals surface area contributed by atoms with E-state index in [9.17, 15) is 8.42 Å². The molecule has 0 unspecified atom stereocenters. The molecule has 0 atom stereocenters. The standard InChI is InChI=1S/C15H29N3O2S/c1-6-14-13(8-9-16-12(3)4)15(7-2)18(17-14)10-11-21(5,19)20/h12,16H,6-11H2,1-5H3. The molecule has 0 bridgehead atoms. The minimum atomic E-state index is -2.96. The Morgan fingerprint density at radius 2 is 1.90 bits per heavy atom. The van der Waals surface area contributed by atoms with E-state index in [0.717, 1.165) is 31.5 Å². The van der Waals surface area contributed by atoms with Crippen molar-refractivity contribution in [2.45, 2.75) is 59.5 Å². The molecule has 0 fully saturated rings. The number of nitrogens with one attached hydrogen (secondary N) is 1. The van der Waals surface area contributed by atoms with Crippen LogP contribution in [0.3, 0.4) is 0 Å². The summed E-state index contributed by atoms with van der Waals surface area (Å²) in [5.74, 6) is 0.147. The molecule has 0 aromatic carbocycles. The van der Waals surface area contributed by atoms with Crippen molar-refractivity contribution in [3.63, 3.8) is 0 Å². The Balaban J connectivity index is 2.92. The van der Waals surface area contributed by atoms with Crippen LogP contribution in [0, 0.1) is 0 Å². The molecule has 5 nitrogen and oxygen atoms in total. The van der Waals surface area contributed by atoms with Crippen LogP contribution in [0.4, 0.5) is 0 Å². The van der Waals surface area contributed by atoms with Crippen LogP contribution in [0.15, 0.2) is 0 Å². The lowest BCUT2D eigenvalue weighted by molar-refractivity contribution is 0.574. The quantitative estimate of drug-likeness (QED) is 0.752. The zero-order chi connectivity index (χ0) is 16.0. The Morgan fingerprint density at radius 3 is 2.38 bits per heavy atom. The van der Waals surface area contributed by atoms with Gasteiger partial charge in [0.2, 0.25) is 0 Å². The molecule has 0 aliphatic heterocycles. The first kappa shape index (κ1) is 18.2. The third-order valence-corrected chi connectivity index (χ3v) is 4.45. The number of nitrogens with zero attached hydrogens (tertiary/aromatic N) is 2. The van der Waals surface area contributed by atoms with Gasteiger partial charge in [-0.15, -0.1) is 0 Å². The van der Waals surface area contributed by atoms with E-state index in [0.29, 0.717) is 12.6 Å². The van der Waals surface area contributed by atoms with Crippen LogP contribution in [-0.2, 0) is 35.6 Å². The lowest BCUT2D eigenvalue weighted by Gasteiger charge is -2.10. The van der Waals surface area contributed by atoms with Crippen molar-refractivity contribution in [3.8, 4) is 0 Å². The summed E-state index contributed by atoms with van der Waals surface area (Å²) in [4.78, 5) is 0. The molecule has 1 aromatic heterocycles. The van der Waals surface area contributed by atoms with Crippen molar-refractivity contribution < 1.29 is 8.42 Å². The SMILES string of the molecule is CCc1nn(CCS(C)(=O)=O)c(CC)c1CCNC(C)C. The molecule has 21 heavy (non-hydrogen) atoms. The summed E-state index contributed by atoms with van der Waals surface area (Å²) in [6.45, 7) is 9.85. The Morgan fingerprint density at radius 1 is 1.24 bits per heavy atom. The highest BCUT2D eigenvalue weighted by atomic mass is 32.2. The van der Waals surface area contributed by atoms with E-state index >= 15 is 0 Å². The molecular weight excluding hydrogens is 286 g/mol. The first-order chi connectivity index (χ1) is 9.78. The van der Waals surface area contributed by atoms with Gasteiger partial charge in [-0.25, -0.2) is 8.42 Å². The van der Waals surface area contributed by atoms with Crippen molar-refractivity contribution in [1.82, 2.24) is 15.1 Å². The fourth-order valence-electron chi connectivity index (χ4n) is 2.48. The van der Waals surface area contributed by atoms with Crippen LogP contribution in [0.1, 0.15) is 44.6 Å². The van der Waals surface area contributed by atoms with Crippen LogP contribution in [0.5, 0.6) is 0 Å². The van der Waals surface area contributed by atoms with Crippen molar-refractivity contribution in [1.29, 1.82) is 0 Å². The van der Waals surface area contributed by atoms with Crippen LogP contribution in [0.25, 0.3) is 0 Å². The molecule has 1 rings (SSSR count). The van der Waals surface area contributed by atoms with Gasteiger partial charge in [0.1, 0.15) is 9.84 Å². The molecule has 1 aromatic rings. The minimum absolute atomic E-state index is 0.147. The predicted molar refractivity (Wildman–Crippen MR) is 87.5 cm³/mol. The maximum Gasteiger partial charge on any atom is 0.149 e. The second-order valence-corrected chi connectivity index (χ2v) is 8.05. The van der Waals surface area contributed by atoms with E-state index in [1.165, 1.54) is 17.5 Å².